The van der Waals surface area contributed by atoms with Crippen molar-refractivity contribution in [1.29, 1.82) is 0 Å². The number of methoxy groups -OCH3 is 1. The molecule has 2 amide bonds. The van der Waals surface area contributed by atoms with Crippen molar-refractivity contribution >= 4 is 39.1 Å². The number of carbonyl (C=O) groups is 2. The minimum atomic E-state index is -0.665. The van der Waals surface area contributed by atoms with Crippen molar-refractivity contribution in [2.24, 2.45) is 0 Å². The van der Waals surface area contributed by atoms with E-state index in [1.54, 1.807) is 29.6 Å². The molecule has 0 fully saturated rings. The van der Waals surface area contributed by atoms with Gasteiger partial charge in [0.05, 0.1) is 29.3 Å². The van der Waals surface area contributed by atoms with E-state index in [2.05, 4.69) is 32.9 Å². The summed E-state index contributed by atoms with van der Waals surface area (Å²) >= 11 is 4.67. The lowest BCUT2D eigenvalue weighted by Gasteiger charge is -2.08. The SMILES string of the molecule is COc1c(Br)csc1-c1nn(CC#CCN2C(=O)c3ccccc3C2=O)c(=O)o1. The van der Waals surface area contributed by atoms with E-state index in [0.717, 1.165) is 14.1 Å². The van der Waals surface area contributed by atoms with Crippen LogP contribution in [0.25, 0.3) is 10.8 Å². The largest absolute Gasteiger partial charge is 0.494 e. The number of nitrogens with zero attached hydrogens (tertiary/aromatic N) is 3. The van der Waals surface area contributed by atoms with Gasteiger partial charge in [-0.05, 0) is 28.1 Å². The van der Waals surface area contributed by atoms with Gasteiger partial charge in [-0.1, -0.05) is 24.0 Å². The molecule has 4 rings (SSSR count). The average molecular weight is 474 g/mol. The Labute approximate surface area is 176 Å². The summed E-state index contributed by atoms with van der Waals surface area (Å²) in [4.78, 5) is 38.2. The van der Waals surface area contributed by atoms with E-state index in [1.807, 2.05) is 0 Å². The number of benzene rings is 1. The third-order valence-electron chi connectivity index (χ3n) is 4.18. The van der Waals surface area contributed by atoms with E-state index in [1.165, 1.54) is 18.4 Å². The fourth-order valence-corrected chi connectivity index (χ4v) is 4.39. The van der Waals surface area contributed by atoms with E-state index in [0.29, 0.717) is 21.8 Å². The minimum Gasteiger partial charge on any atom is -0.494 e. The molecule has 0 saturated heterocycles. The molecule has 0 spiro atoms. The first-order chi connectivity index (χ1) is 14.0. The fourth-order valence-electron chi connectivity index (χ4n) is 2.81. The summed E-state index contributed by atoms with van der Waals surface area (Å²) in [5.74, 6) is 4.72. The Hall–Kier alpha value is -3.16. The summed E-state index contributed by atoms with van der Waals surface area (Å²) in [5, 5.41) is 5.93. The molecule has 3 aromatic rings. The number of amides is 2. The Balaban J connectivity index is 1.47. The summed E-state index contributed by atoms with van der Waals surface area (Å²) < 4.78 is 12.3. The number of hydrogen-bond donors (Lipinski definition) is 0. The molecular formula is C19H12BrN3O5S. The first-order valence-corrected chi connectivity index (χ1v) is 9.98. The molecule has 146 valence electrons. The number of imide groups is 1. The molecule has 1 aromatic carbocycles. The summed E-state index contributed by atoms with van der Waals surface area (Å²) in [6.07, 6.45) is 0. The molecule has 0 atom stereocenters. The molecule has 3 heterocycles. The Bertz CT molecular complexity index is 1210. The Morgan fingerprint density at radius 2 is 1.79 bits per heavy atom. The number of halogens is 1. The van der Waals surface area contributed by atoms with Crippen molar-refractivity contribution in [3.05, 3.63) is 55.8 Å². The van der Waals surface area contributed by atoms with Gasteiger partial charge in [-0.15, -0.1) is 16.4 Å². The normalized spacial score (nSPS) is 12.7. The van der Waals surface area contributed by atoms with Crippen LogP contribution in [0.4, 0.5) is 0 Å². The van der Waals surface area contributed by atoms with Crippen LogP contribution in [0.2, 0.25) is 0 Å². The molecule has 0 unspecified atom stereocenters. The number of rotatable bonds is 4. The van der Waals surface area contributed by atoms with Gasteiger partial charge < -0.3 is 9.15 Å². The van der Waals surface area contributed by atoms with Gasteiger partial charge in [0.15, 0.2) is 5.75 Å². The number of hydrogen-bond acceptors (Lipinski definition) is 7. The highest BCUT2D eigenvalue weighted by Gasteiger charge is 2.34. The molecule has 1 aliphatic rings. The highest BCUT2D eigenvalue weighted by molar-refractivity contribution is 9.10. The van der Waals surface area contributed by atoms with E-state index in [9.17, 15) is 14.4 Å². The number of fused-ring (bicyclic) bond motifs is 1. The van der Waals surface area contributed by atoms with E-state index in [4.69, 9.17) is 9.15 Å². The second-order valence-electron chi connectivity index (χ2n) is 5.87. The highest BCUT2D eigenvalue weighted by Crippen LogP contribution is 2.40. The van der Waals surface area contributed by atoms with E-state index < -0.39 is 5.76 Å². The fraction of sp³-hybridized carbons (Fsp3) is 0.158. The minimum absolute atomic E-state index is 0.0413. The molecule has 0 bridgehead atoms. The van der Waals surface area contributed by atoms with Crippen LogP contribution in [0.1, 0.15) is 20.7 Å². The Morgan fingerprint density at radius 3 is 2.45 bits per heavy atom. The molecule has 0 radical (unpaired) electrons. The predicted octanol–water partition coefficient (Wildman–Crippen LogP) is 2.64. The first kappa shape index (κ1) is 19.2. The smallest absolute Gasteiger partial charge is 0.438 e. The van der Waals surface area contributed by atoms with Crippen molar-refractivity contribution in [2.45, 2.75) is 6.54 Å². The van der Waals surface area contributed by atoms with Gasteiger partial charge in [0, 0.05) is 5.38 Å². The van der Waals surface area contributed by atoms with Gasteiger partial charge in [0.1, 0.15) is 11.4 Å². The van der Waals surface area contributed by atoms with Crippen LogP contribution in [-0.4, -0.2) is 40.1 Å². The molecule has 8 nitrogen and oxygen atoms in total. The zero-order valence-corrected chi connectivity index (χ0v) is 17.4. The Kier molecular flexibility index (Phi) is 5.08. The standard InChI is InChI=1S/C19H12BrN3O5S/c1-27-14-13(20)10-29-15(14)16-21-23(19(26)28-16)9-5-4-8-22-17(24)11-6-2-3-7-12(11)18(22)25/h2-3,6-7,10H,8-9H2,1H3. The number of ether oxygens (including phenoxy) is 1. The van der Waals surface area contributed by atoms with Gasteiger partial charge in [-0.2, -0.15) is 4.68 Å². The van der Waals surface area contributed by atoms with Gasteiger partial charge >= 0.3 is 5.76 Å². The molecule has 0 saturated carbocycles. The van der Waals surface area contributed by atoms with E-state index >= 15 is 0 Å². The lowest BCUT2D eigenvalue weighted by atomic mass is 10.1. The van der Waals surface area contributed by atoms with Crippen LogP contribution in [-0.2, 0) is 6.54 Å². The molecule has 0 aliphatic carbocycles. The second kappa shape index (κ2) is 7.69. The quantitative estimate of drug-likeness (QED) is 0.426. The predicted molar refractivity (Wildman–Crippen MR) is 108 cm³/mol. The lowest BCUT2D eigenvalue weighted by Crippen LogP contribution is -2.30. The second-order valence-corrected chi connectivity index (χ2v) is 7.61. The van der Waals surface area contributed by atoms with Gasteiger partial charge in [0.25, 0.3) is 17.7 Å². The first-order valence-electron chi connectivity index (χ1n) is 8.31. The summed E-state index contributed by atoms with van der Waals surface area (Å²) in [7, 11) is 1.51. The zero-order chi connectivity index (χ0) is 20.5. The average Bonchev–Trinajstić information content (AvgIpc) is 3.35. The maximum Gasteiger partial charge on any atom is 0.438 e. The van der Waals surface area contributed by atoms with Crippen molar-refractivity contribution in [3.8, 4) is 28.4 Å². The summed E-state index contributed by atoms with van der Waals surface area (Å²) in [5.41, 5.74) is 0.737. The highest BCUT2D eigenvalue weighted by atomic mass is 79.9. The van der Waals surface area contributed by atoms with Crippen LogP contribution < -0.4 is 10.5 Å². The number of aromatic nitrogens is 2. The lowest BCUT2D eigenvalue weighted by molar-refractivity contribution is 0.0675. The third kappa shape index (κ3) is 3.39. The van der Waals surface area contributed by atoms with E-state index in [-0.39, 0.29) is 30.8 Å². The van der Waals surface area contributed by atoms with Gasteiger partial charge in [-0.25, -0.2) is 4.79 Å². The molecule has 2 aromatic heterocycles. The van der Waals surface area contributed by atoms with Crippen LogP contribution >= 0.6 is 27.3 Å². The zero-order valence-electron chi connectivity index (χ0n) is 15.0. The maximum atomic E-state index is 12.3. The van der Waals surface area contributed by atoms with Gasteiger partial charge in [0.2, 0.25) is 0 Å². The van der Waals surface area contributed by atoms with Crippen LogP contribution in [0.3, 0.4) is 0 Å². The van der Waals surface area contributed by atoms with Crippen LogP contribution in [0, 0.1) is 11.8 Å². The third-order valence-corrected chi connectivity index (χ3v) is 6.02. The number of thiophene rings is 1. The molecular weight excluding hydrogens is 462 g/mol. The van der Waals surface area contributed by atoms with Crippen LogP contribution in [0.5, 0.6) is 5.75 Å². The number of carbonyl (C=O) groups excluding carboxylic acids is 2. The molecule has 29 heavy (non-hydrogen) atoms. The van der Waals surface area contributed by atoms with Crippen molar-refractivity contribution in [3.63, 3.8) is 0 Å². The molecule has 0 N–H and O–H groups in total. The summed E-state index contributed by atoms with van der Waals surface area (Å²) in [6.45, 7) is -0.113. The van der Waals surface area contributed by atoms with Gasteiger partial charge in [-0.3, -0.25) is 14.5 Å². The summed E-state index contributed by atoms with van der Waals surface area (Å²) in [6, 6.07) is 6.62. The van der Waals surface area contributed by atoms with Crippen molar-refractivity contribution in [1.82, 2.24) is 14.7 Å². The monoisotopic (exact) mass is 473 g/mol. The maximum absolute atomic E-state index is 12.3. The molecule has 10 heteroatoms. The topological polar surface area (TPSA) is 94.6 Å². The van der Waals surface area contributed by atoms with Crippen molar-refractivity contribution in [2.75, 3.05) is 13.7 Å². The molecule has 1 aliphatic heterocycles. The Morgan fingerprint density at radius 1 is 1.14 bits per heavy atom. The van der Waals surface area contributed by atoms with Crippen LogP contribution in [0.15, 0.2) is 43.3 Å². The van der Waals surface area contributed by atoms with Crippen molar-refractivity contribution < 1.29 is 18.7 Å².